The van der Waals surface area contributed by atoms with Gasteiger partial charge in [0.2, 0.25) is 0 Å². The summed E-state index contributed by atoms with van der Waals surface area (Å²) in [5.74, 6) is 0. The minimum absolute atomic E-state index is 0.333. The Bertz CT molecular complexity index is 1700. The number of para-hydroxylation sites is 1. The van der Waals surface area contributed by atoms with Crippen molar-refractivity contribution in [3.8, 4) is 11.1 Å². The maximum atomic E-state index is 6.39. The van der Waals surface area contributed by atoms with Gasteiger partial charge in [-0.15, -0.1) is 0 Å². The van der Waals surface area contributed by atoms with E-state index in [1.54, 1.807) is 0 Å². The largest absolute Gasteiger partial charge is 0.456 e. The normalized spacial score (nSPS) is 14.3. The fraction of sp³-hybridized carbons (Fsp3) is 0.0323. The Hall–Kier alpha value is -4.30. The van der Waals surface area contributed by atoms with E-state index in [1.807, 2.05) is 6.07 Å². The molecule has 0 saturated heterocycles. The molecule has 0 aliphatic heterocycles. The van der Waals surface area contributed by atoms with Gasteiger partial charge in [0.15, 0.2) is 0 Å². The van der Waals surface area contributed by atoms with E-state index in [9.17, 15) is 0 Å². The van der Waals surface area contributed by atoms with Crippen LogP contribution in [-0.2, 0) is 5.41 Å². The third kappa shape index (κ3) is 2.00. The van der Waals surface area contributed by atoms with Crippen molar-refractivity contribution in [3.05, 3.63) is 131 Å². The Kier molecular flexibility index (Phi) is 3.11. The van der Waals surface area contributed by atoms with Gasteiger partial charge >= 0.3 is 0 Å². The molecule has 1 spiro atoms. The number of hydrogen-bond acceptors (Lipinski definition) is 2. The number of hydrogen-bond donors (Lipinski definition) is 1. The van der Waals surface area contributed by atoms with Crippen LogP contribution in [0.3, 0.4) is 0 Å². The lowest BCUT2D eigenvalue weighted by atomic mass is 9.70. The van der Waals surface area contributed by atoms with Crippen molar-refractivity contribution in [1.29, 1.82) is 0 Å². The minimum atomic E-state index is -0.333. The van der Waals surface area contributed by atoms with Crippen molar-refractivity contribution < 1.29 is 4.42 Å². The SMILES string of the molecule is c1ccc(Nc2cc3c4c(c2)oc2cccc(c24)C32c3ccccc3-c3ccccc32)cc1. The Morgan fingerprint density at radius 3 is 1.88 bits per heavy atom. The van der Waals surface area contributed by atoms with E-state index in [0.717, 1.165) is 22.5 Å². The Morgan fingerprint density at radius 1 is 0.485 bits per heavy atom. The topological polar surface area (TPSA) is 25.2 Å². The van der Waals surface area contributed by atoms with Crippen molar-refractivity contribution in [1.82, 2.24) is 0 Å². The molecule has 0 amide bonds. The molecule has 8 rings (SSSR count). The number of fused-ring (bicyclic) bond motifs is 7. The maximum absolute atomic E-state index is 6.39. The third-order valence-electron chi connectivity index (χ3n) is 7.42. The van der Waals surface area contributed by atoms with E-state index < -0.39 is 0 Å². The van der Waals surface area contributed by atoms with Gasteiger partial charge in [0.05, 0.1) is 5.41 Å². The van der Waals surface area contributed by atoms with Gasteiger partial charge in [-0.2, -0.15) is 0 Å². The van der Waals surface area contributed by atoms with Crippen LogP contribution in [0.15, 0.2) is 114 Å². The van der Waals surface area contributed by atoms with Crippen LogP contribution < -0.4 is 5.32 Å². The van der Waals surface area contributed by atoms with Crippen molar-refractivity contribution in [3.63, 3.8) is 0 Å². The predicted molar refractivity (Wildman–Crippen MR) is 134 cm³/mol. The summed E-state index contributed by atoms with van der Waals surface area (Å²) in [5, 5.41) is 6.10. The smallest absolute Gasteiger partial charge is 0.137 e. The van der Waals surface area contributed by atoms with Crippen molar-refractivity contribution in [2.24, 2.45) is 0 Å². The van der Waals surface area contributed by atoms with Crippen LogP contribution in [0.25, 0.3) is 33.1 Å². The molecule has 154 valence electrons. The summed E-state index contributed by atoms with van der Waals surface area (Å²) in [6.45, 7) is 0. The van der Waals surface area contributed by atoms with Crippen molar-refractivity contribution >= 4 is 33.3 Å². The highest BCUT2D eigenvalue weighted by atomic mass is 16.3. The molecule has 2 aliphatic rings. The summed E-state index contributed by atoms with van der Waals surface area (Å²) in [5.41, 5.74) is 11.6. The lowest BCUT2D eigenvalue weighted by Gasteiger charge is -2.31. The van der Waals surface area contributed by atoms with Crippen molar-refractivity contribution in [2.75, 3.05) is 5.32 Å². The first-order valence-electron chi connectivity index (χ1n) is 11.4. The van der Waals surface area contributed by atoms with Crippen LogP contribution in [0.5, 0.6) is 0 Å². The van der Waals surface area contributed by atoms with Gasteiger partial charge in [0.25, 0.3) is 0 Å². The van der Waals surface area contributed by atoms with E-state index in [4.69, 9.17) is 4.42 Å². The average molecular weight is 421 g/mol. The molecule has 0 fully saturated rings. The van der Waals surface area contributed by atoms with Crippen LogP contribution in [0.2, 0.25) is 0 Å². The minimum Gasteiger partial charge on any atom is -0.456 e. The molecule has 0 unspecified atom stereocenters. The molecular formula is C31H19NO. The lowest BCUT2D eigenvalue weighted by Crippen LogP contribution is -2.26. The molecule has 2 heteroatoms. The molecule has 33 heavy (non-hydrogen) atoms. The number of anilines is 2. The van der Waals surface area contributed by atoms with Crippen molar-refractivity contribution in [2.45, 2.75) is 5.41 Å². The maximum Gasteiger partial charge on any atom is 0.137 e. The summed E-state index contributed by atoms with van der Waals surface area (Å²) in [7, 11) is 0. The van der Waals surface area contributed by atoms with E-state index in [1.165, 1.54) is 44.2 Å². The number of benzene rings is 5. The monoisotopic (exact) mass is 421 g/mol. The average Bonchev–Trinajstić information content (AvgIpc) is 3.49. The first kappa shape index (κ1) is 17.3. The van der Waals surface area contributed by atoms with E-state index in [2.05, 4.69) is 108 Å². The van der Waals surface area contributed by atoms with Crippen LogP contribution in [0, 0.1) is 0 Å². The molecule has 1 N–H and O–H groups in total. The van der Waals surface area contributed by atoms with Gasteiger partial charge in [0.1, 0.15) is 11.2 Å². The molecule has 5 aromatic carbocycles. The molecule has 2 aliphatic carbocycles. The standard InChI is InChI=1S/C31H19NO/c1-2-9-19(10-3-1)32-20-17-26-30-28(18-20)33-27-16-8-15-25(29(27)30)31(26)23-13-6-4-11-21(23)22-12-5-7-14-24(22)31/h1-18,32H. The molecule has 0 saturated carbocycles. The van der Waals surface area contributed by atoms with Gasteiger partial charge in [-0.1, -0.05) is 78.9 Å². The summed E-state index contributed by atoms with van der Waals surface area (Å²) in [6, 6.07) is 39.1. The zero-order valence-corrected chi connectivity index (χ0v) is 17.8. The second-order valence-electron chi connectivity index (χ2n) is 9.01. The fourth-order valence-corrected chi connectivity index (χ4v) is 6.28. The summed E-state index contributed by atoms with van der Waals surface area (Å²) < 4.78 is 6.39. The second-order valence-corrected chi connectivity index (χ2v) is 9.01. The van der Waals surface area contributed by atoms with Gasteiger partial charge in [0, 0.05) is 28.2 Å². The Labute approximate surface area is 191 Å². The third-order valence-corrected chi connectivity index (χ3v) is 7.42. The highest BCUT2D eigenvalue weighted by Crippen LogP contribution is 2.63. The van der Waals surface area contributed by atoms with Gasteiger partial charge in [-0.05, 0) is 57.6 Å². The van der Waals surface area contributed by atoms with Crippen LogP contribution in [-0.4, -0.2) is 0 Å². The lowest BCUT2D eigenvalue weighted by molar-refractivity contribution is 0.664. The quantitative estimate of drug-likeness (QED) is 0.306. The first-order chi connectivity index (χ1) is 16.4. The number of rotatable bonds is 2. The molecule has 1 aromatic heterocycles. The highest BCUT2D eigenvalue weighted by Gasteiger charge is 2.51. The molecule has 0 radical (unpaired) electrons. The fourth-order valence-electron chi connectivity index (χ4n) is 6.28. The van der Waals surface area contributed by atoms with E-state index >= 15 is 0 Å². The zero-order valence-electron chi connectivity index (χ0n) is 17.8. The molecular weight excluding hydrogens is 402 g/mol. The molecule has 0 bridgehead atoms. The van der Waals surface area contributed by atoms with E-state index in [-0.39, 0.29) is 5.41 Å². The molecule has 1 heterocycles. The van der Waals surface area contributed by atoms with Gasteiger partial charge in [-0.25, -0.2) is 0 Å². The van der Waals surface area contributed by atoms with Gasteiger partial charge < -0.3 is 9.73 Å². The van der Waals surface area contributed by atoms with Gasteiger partial charge in [-0.3, -0.25) is 0 Å². The van der Waals surface area contributed by atoms with Crippen LogP contribution in [0.4, 0.5) is 11.4 Å². The Balaban J connectivity index is 1.52. The van der Waals surface area contributed by atoms with E-state index in [0.29, 0.717) is 0 Å². The summed E-state index contributed by atoms with van der Waals surface area (Å²) in [6.07, 6.45) is 0. The van der Waals surface area contributed by atoms with Crippen LogP contribution >= 0.6 is 0 Å². The van der Waals surface area contributed by atoms with Crippen LogP contribution in [0.1, 0.15) is 22.3 Å². The number of nitrogens with one attached hydrogen (secondary N) is 1. The second kappa shape index (κ2) is 5.93. The first-order valence-corrected chi connectivity index (χ1v) is 11.4. The summed E-state index contributed by atoms with van der Waals surface area (Å²) in [4.78, 5) is 0. The Morgan fingerprint density at radius 2 is 1.12 bits per heavy atom. The summed E-state index contributed by atoms with van der Waals surface area (Å²) >= 11 is 0. The predicted octanol–water partition coefficient (Wildman–Crippen LogP) is 8.01. The molecule has 0 atom stereocenters. The number of furan rings is 1. The highest BCUT2D eigenvalue weighted by molar-refractivity contribution is 6.16. The zero-order chi connectivity index (χ0) is 21.6. The molecule has 6 aromatic rings. The molecule has 2 nitrogen and oxygen atoms in total.